The molecule has 1 N–H and O–H groups in total. The smallest absolute Gasteiger partial charge is 0.257 e. The summed E-state index contributed by atoms with van der Waals surface area (Å²) in [5.74, 6) is 0.803. The lowest BCUT2D eigenvalue weighted by Gasteiger charge is -2.22. The summed E-state index contributed by atoms with van der Waals surface area (Å²) in [4.78, 5) is 27.7. The monoisotopic (exact) mass is 462 g/mol. The Morgan fingerprint density at radius 3 is 2.47 bits per heavy atom. The number of carbonyl (C=O) groups excluding carboxylic acids is 2. The van der Waals surface area contributed by atoms with Gasteiger partial charge in [-0.15, -0.1) is 0 Å². The fourth-order valence-electron chi connectivity index (χ4n) is 3.96. The summed E-state index contributed by atoms with van der Waals surface area (Å²) in [6.45, 7) is 9.24. The molecular weight excluding hydrogens is 432 g/mol. The van der Waals surface area contributed by atoms with Gasteiger partial charge in [-0.2, -0.15) is 5.10 Å². The zero-order chi connectivity index (χ0) is 24.2. The van der Waals surface area contributed by atoms with Crippen LogP contribution >= 0.6 is 0 Å². The Kier molecular flexibility index (Phi) is 6.86. The van der Waals surface area contributed by atoms with Crippen LogP contribution in [0.25, 0.3) is 5.69 Å². The quantitative estimate of drug-likeness (QED) is 0.569. The standard InChI is InChI=1S/C26H30N4O4/c1-5-29(16-24(31)28-19-8-11-22-23(14-19)34-13-12-33-22)26(32)21-15-27-30(25(21)17(2)3)20-9-6-18(4)7-10-20/h6-11,14-15,17H,5,12-13,16H2,1-4H3,(H,28,31). The van der Waals surface area contributed by atoms with Crippen LogP contribution in [0.1, 0.15) is 48.3 Å². The maximum Gasteiger partial charge on any atom is 0.257 e. The number of nitrogens with one attached hydrogen (secondary N) is 1. The van der Waals surface area contributed by atoms with Crippen molar-refractivity contribution in [2.24, 2.45) is 0 Å². The number of ether oxygens (including phenoxy) is 2. The van der Waals surface area contributed by atoms with Crippen molar-refractivity contribution in [1.82, 2.24) is 14.7 Å². The number of fused-ring (bicyclic) bond motifs is 1. The van der Waals surface area contributed by atoms with Gasteiger partial charge < -0.3 is 19.7 Å². The molecule has 8 heteroatoms. The zero-order valence-corrected chi connectivity index (χ0v) is 20.0. The normalized spacial score (nSPS) is 12.5. The molecule has 0 bridgehead atoms. The molecule has 0 saturated carbocycles. The number of aromatic nitrogens is 2. The van der Waals surface area contributed by atoms with E-state index >= 15 is 0 Å². The van der Waals surface area contributed by atoms with Gasteiger partial charge in [-0.25, -0.2) is 4.68 Å². The first-order valence-electron chi connectivity index (χ1n) is 11.5. The number of hydrogen-bond donors (Lipinski definition) is 1. The minimum Gasteiger partial charge on any atom is -0.486 e. The van der Waals surface area contributed by atoms with Crippen molar-refractivity contribution in [1.29, 1.82) is 0 Å². The van der Waals surface area contributed by atoms with Gasteiger partial charge in [0.25, 0.3) is 5.91 Å². The van der Waals surface area contributed by atoms with Gasteiger partial charge in [-0.1, -0.05) is 31.5 Å². The second-order valence-corrected chi connectivity index (χ2v) is 8.57. The van der Waals surface area contributed by atoms with Crippen LogP contribution in [0, 0.1) is 6.92 Å². The molecule has 0 aliphatic carbocycles. The van der Waals surface area contributed by atoms with Crippen molar-refractivity contribution in [3.05, 3.63) is 65.5 Å². The summed E-state index contributed by atoms with van der Waals surface area (Å²) < 4.78 is 12.9. The van der Waals surface area contributed by atoms with Gasteiger partial charge in [0, 0.05) is 18.3 Å². The minimum absolute atomic E-state index is 0.0630. The van der Waals surface area contributed by atoms with Crippen molar-refractivity contribution in [3.63, 3.8) is 0 Å². The second-order valence-electron chi connectivity index (χ2n) is 8.57. The van der Waals surface area contributed by atoms with E-state index in [1.165, 1.54) is 4.90 Å². The molecular formula is C26H30N4O4. The number of aryl methyl sites for hydroxylation is 1. The van der Waals surface area contributed by atoms with Gasteiger partial charge in [0.1, 0.15) is 19.8 Å². The van der Waals surface area contributed by atoms with Gasteiger partial charge >= 0.3 is 0 Å². The SMILES string of the molecule is CCN(CC(=O)Nc1ccc2c(c1)OCCO2)C(=O)c1cnn(-c2ccc(C)cc2)c1C(C)C. The number of carbonyl (C=O) groups is 2. The van der Waals surface area contributed by atoms with E-state index in [0.717, 1.165) is 16.9 Å². The molecule has 2 heterocycles. The topological polar surface area (TPSA) is 85.7 Å². The van der Waals surface area contributed by atoms with Crippen molar-refractivity contribution in [2.75, 3.05) is 31.6 Å². The first-order chi connectivity index (χ1) is 16.4. The van der Waals surface area contributed by atoms with E-state index in [9.17, 15) is 9.59 Å². The van der Waals surface area contributed by atoms with E-state index in [1.54, 1.807) is 29.1 Å². The maximum atomic E-state index is 13.4. The van der Waals surface area contributed by atoms with Crippen LogP contribution < -0.4 is 14.8 Å². The van der Waals surface area contributed by atoms with Gasteiger partial charge in [-0.3, -0.25) is 9.59 Å². The third-order valence-corrected chi connectivity index (χ3v) is 5.69. The van der Waals surface area contributed by atoms with Crippen LogP contribution in [0.4, 0.5) is 5.69 Å². The molecule has 0 fully saturated rings. The van der Waals surface area contributed by atoms with E-state index in [1.807, 2.05) is 52.0 Å². The summed E-state index contributed by atoms with van der Waals surface area (Å²) in [6, 6.07) is 13.3. The van der Waals surface area contributed by atoms with Crippen LogP contribution in [0.3, 0.4) is 0 Å². The Bertz CT molecular complexity index is 1180. The van der Waals surface area contributed by atoms with Crippen LogP contribution in [0.5, 0.6) is 11.5 Å². The number of likely N-dealkylation sites (N-methyl/N-ethyl adjacent to an activating group) is 1. The maximum absolute atomic E-state index is 13.4. The number of amides is 2. The predicted molar refractivity (Wildman–Crippen MR) is 130 cm³/mol. The molecule has 2 amide bonds. The summed E-state index contributed by atoms with van der Waals surface area (Å²) in [6.07, 6.45) is 1.60. The Labute approximate surface area is 199 Å². The molecule has 178 valence electrons. The first-order valence-corrected chi connectivity index (χ1v) is 11.5. The lowest BCUT2D eigenvalue weighted by molar-refractivity contribution is -0.116. The highest BCUT2D eigenvalue weighted by Crippen LogP contribution is 2.32. The second kappa shape index (κ2) is 9.99. The summed E-state index contributed by atoms with van der Waals surface area (Å²) in [7, 11) is 0. The number of nitrogens with zero attached hydrogens (tertiary/aromatic N) is 3. The lowest BCUT2D eigenvalue weighted by Crippen LogP contribution is -2.38. The molecule has 0 radical (unpaired) electrons. The van der Waals surface area contributed by atoms with Gasteiger partial charge in [0.05, 0.1) is 23.1 Å². The average molecular weight is 463 g/mol. The minimum atomic E-state index is -0.288. The van der Waals surface area contributed by atoms with Crippen LogP contribution in [-0.4, -0.2) is 52.8 Å². The van der Waals surface area contributed by atoms with Crippen molar-refractivity contribution >= 4 is 17.5 Å². The fourth-order valence-corrected chi connectivity index (χ4v) is 3.96. The van der Waals surface area contributed by atoms with Gasteiger partial charge in [0.2, 0.25) is 5.91 Å². The number of benzene rings is 2. The molecule has 0 atom stereocenters. The fraction of sp³-hybridized carbons (Fsp3) is 0.346. The molecule has 0 unspecified atom stereocenters. The molecule has 0 spiro atoms. The Morgan fingerprint density at radius 1 is 1.09 bits per heavy atom. The Balaban J connectivity index is 1.51. The average Bonchev–Trinajstić information content (AvgIpc) is 3.28. The molecule has 0 saturated heterocycles. The van der Waals surface area contributed by atoms with Crippen LogP contribution in [0.2, 0.25) is 0 Å². The predicted octanol–water partition coefficient (Wildman–Crippen LogP) is 4.18. The zero-order valence-electron chi connectivity index (χ0n) is 20.0. The Hall–Kier alpha value is -3.81. The molecule has 2 aromatic carbocycles. The van der Waals surface area contributed by atoms with E-state index in [4.69, 9.17) is 9.47 Å². The van der Waals surface area contributed by atoms with E-state index < -0.39 is 0 Å². The van der Waals surface area contributed by atoms with Crippen molar-refractivity contribution in [2.45, 2.75) is 33.6 Å². The highest BCUT2D eigenvalue weighted by molar-refractivity contribution is 6.00. The van der Waals surface area contributed by atoms with Crippen LogP contribution in [0.15, 0.2) is 48.7 Å². The van der Waals surface area contributed by atoms with Crippen molar-refractivity contribution in [3.8, 4) is 17.2 Å². The Morgan fingerprint density at radius 2 is 1.79 bits per heavy atom. The molecule has 4 rings (SSSR count). The third-order valence-electron chi connectivity index (χ3n) is 5.69. The van der Waals surface area contributed by atoms with Crippen molar-refractivity contribution < 1.29 is 19.1 Å². The molecule has 8 nitrogen and oxygen atoms in total. The molecule has 1 aliphatic heterocycles. The summed E-state index contributed by atoms with van der Waals surface area (Å²) in [5, 5.41) is 7.35. The van der Waals surface area contributed by atoms with Gasteiger partial charge in [0.15, 0.2) is 11.5 Å². The van der Waals surface area contributed by atoms with E-state index in [2.05, 4.69) is 10.4 Å². The molecule has 1 aliphatic rings. The first kappa shape index (κ1) is 23.4. The van der Waals surface area contributed by atoms with Crippen LogP contribution in [-0.2, 0) is 4.79 Å². The number of anilines is 1. The summed E-state index contributed by atoms with van der Waals surface area (Å²) >= 11 is 0. The largest absolute Gasteiger partial charge is 0.486 e. The molecule has 34 heavy (non-hydrogen) atoms. The van der Waals surface area contributed by atoms with Gasteiger partial charge in [-0.05, 0) is 44.0 Å². The van der Waals surface area contributed by atoms with E-state index in [-0.39, 0.29) is 24.3 Å². The highest BCUT2D eigenvalue weighted by atomic mass is 16.6. The number of hydrogen-bond acceptors (Lipinski definition) is 5. The number of rotatable bonds is 7. The molecule has 1 aromatic heterocycles. The third kappa shape index (κ3) is 4.90. The molecule has 3 aromatic rings. The van der Waals surface area contributed by atoms with E-state index in [0.29, 0.717) is 42.5 Å². The lowest BCUT2D eigenvalue weighted by atomic mass is 10.0. The highest BCUT2D eigenvalue weighted by Gasteiger charge is 2.25. The summed E-state index contributed by atoms with van der Waals surface area (Å²) in [5.41, 5.74) is 3.96.